The summed E-state index contributed by atoms with van der Waals surface area (Å²) >= 11 is 0. The zero-order valence-electron chi connectivity index (χ0n) is 23.1. The Hall–Kier alpha value is -4.50. The molecule has 0 radical (unpaired) electrons. The molecular formula is C36H32NO3P. The molecule has 0 aliphatic heterocycles. The van der Waals surface area contributed by atoms with Crippen molar-refractivity contribution in [2.75, 3.05) is 7.11 Å². The third kappa shape index (κ3) is 5.32. The van der Waals surface area contributed by atoms with Gasteiger partial charge in [-0.2, -0.15) is 0 Å². The number of hydrogen-bond acceptors (Lipinski definition) is 3. The van der Waals surface area contributed by atoms with E-state index < -0.39 is 12.4 Å². The Kier molecular flexibility index (Phi) is 8.45. The van der Waals surface area contributed by atoms with E-state index in [1.165, 1.54) is 0 Å². The molecule has 204 valence electrons. The second-order valence-electron chi connectivity index (χ2n) is 9.83. The lowest BCUT2D eigenvalue weighted by Gasteiger charge is -2.36. The molecule has 0 saturated carbocycles. The molecule has 0 heterocycles. The Morgan fingerprint density at radius 2 is 0.951 bits per heavy atom. The number of nitrogens with one attached hydrogen (secondary N) is 1. The highest BCUT2D eigenvalue weighted by Crippen LogP contribution is 2.47. The van der Waals surface area contributed by atoms with Crippen molar-refractivity contribution in [2.45, 2.75) is 12.5 Å². The fourth-order valence-corrected chi connectivity index (χ4v) is 9.53. The average molecular weight is 558 g/mol. The predicted octanol–water partition coefficient (Wildman–Crippen LogP) is 5.67. The van der Waals surface area contributed by atoms with Crippen LogP contribution in [0.4, 0.5) is 0 Å². The smallest absolute Gasteiger partial charge is 0.252 e. The van der Waals surface area contributed by atoms with Gasteiger partial charge in [0.05, 0.1) is 0 Å². The number of amides is 1. The number of Topliss-reactive ketones (excluding diaryl/α,β-unsaturated/α-hetero) is 1. The summed E-state index contributed by atoms with van der Waals surface area (Å²) in [6.45, 7) is -1.09. The molecule has 5 aromatic carbocycles. The van der Waals surface area contributed by atoms with Crippen molar-refractivity contribution in [1.82, 2.24) is 5.32 Å². The Labute approximate surface area is 241 Å². The minimum atomic E-state index is -2.86. The molecule has 0 aromatic heterocycles. The van der Waals surface area contributed by atoms with Gasteiger partial charge in [-0.05, 0) is 40.5 Å². The SMILES string of the molecule is COC(C(=O)C(C)(NC(=O)c1ccccc1)c1ccccc1)=P(c1ccccc1)(c1ccccc1)c1ccccc1. The van der Waals surface area contributed by atoms with Crippen LogP contribution < -0.4 is 21.2 Å². The van der Waals surface area contributed by atoms with E-state index in [1.807, 2.05) is 91.0 Å². The maximum Gasteiger partial charge on any atom is 0.252 e. The van der Waals surface area contributed by atoms with Gasteiger partial charge in [-0.3, -0.25) is 9.59 Å². The molecule has 0 spiro atoms. The first kappa shape index (κ1) is 28.0. The highest BCUT2D eigenvalue weighted by atomic mass is 31.2. The highest BCUT2D eigenvalue weighted by Gasteiger charge is 2.44. The Morgan fingerprint density at radius 1 is 0.585 bits per heavy atom. The molecule has 5 rings (SSSR count). The third-order valence-electron chi connectivity index (χ3n) is 7.33. The van der Waals surface area contributed by atoms with Gasteiger partial charge in [0.1, 0.15) is 11.0 Å². The lowest BCUT2D eigenvalue weighted by molar-refractivity contribution is -0.119. The van der Waals surface area contributed by atoms with Crippen LogP contribution in [0, 0.1) is 0 Å². The van der Waals surface area contributed by atoms with E-state index in [2.05, 4.69) is 41.7 Å². The molecule has 0 fully saturated rings. The standard InChI is InChI=1S/C36H32NO3P/c1-36(29-20-10-4-11-21-29,37-34(39)28-18-8-3-9-19-28)33(38)35(40-2)41(30-22-12-5-13-23-30,31-24-14-6-15-25-31)32-26-16-7-17-27-32/h3-27H,1-2H3,(H,37,39). The zero-order chi connectivity index (χ0) is 28.7. The summed E-state index contributed by atoms with van der Waals surface area (Å²) in [7, 11) is 1.56. The minimum absolute atomic E-state index is 0.305. The lowest BCUT2D eigenvalue weighted by Crippen LogP contribution is -2.53. The van der Waals surface area contributed by atoms with Gasteiger partial charge >= 0.3 is 0 Å². The molecular weight excluding hydrogens is 525 g/mol. The largest absolute Gasteiger partial charge is 0.345 e. The van der Waals surface area contributed by atoms with Crippen molar-refractivity contribution in [3.63, 3.8) is 0 Å². The van der Waals surface area contributed by atoms with Crippen molar-refractivity contribution in [1.29, 1.82) is 0 Å². The number of carbonyl (C=O) groups excluding carboxylic acids is 2. The van der Waals surface area contributed by atoms with Crippen LogP contribution in [0.2, 0.25) is 0 Å². The highest BCUT2D eigenvalue weighted by molar-refractivity contribution is 7.96. The van der Waals surface area contributed by atoms with Gasteiger partial charge in [-0.15, -0.1) is 0 Å². The first-order valence-corrected chi connectivity index (χ1v) is 15.3. The monoisotopic (exact) mass is 557 g/mol. The molecule has 1 N–H and O–H groups in total. The van der Waals surface area contributed by atoms with Crippen LogP contribution in [0.15, 0.2) is 152 Å². The van der Waals surface area contributed by atoms with Gasteiger partial charge in [0.25, 0.3) is 5.91 Å². The first-order chi connectivity index (χ1) is 20.0. The molecule has 4 nitrogen and oxygen atoms in total. The van der Waals surface area contributed by atoms with E-state index in [4.69, 9.17) is 4.74 Å². The molecule has 0 bridgehead atoms. The van der Waals surface area contributed by atoms with Gasteiger partial charge in [-0.25, -0.2) is 0 Å². The van der Waals surface area contributed by atoms with Crippen molar-refractivity contribution in [2.24, 2.45) is 0 Å². The number of benzene rings is 5. The number of ketones is 1. The number of hydrogen-bond donors (Lipinski definition) is 1. The van der Waals surface area contributed by atoms with Crippen molar-refractivity contribution < 1.29 is 14.3 Å². The quantitative estimate of drug-likeness (QED) is 0.238. The maximum atomic E-state index is 15.2. The maximum absolute atomic E-state index is 15.2. The van der Waals surface area contributed by atoms with Crippen LogP contribution in [0.25, 0.3) is 0 Å². The van der Waals surface area contributed by atoms with Gasteiger partial charge in [0.15, 0.2) is 0 Å². The second-order valence-corrected chi connectivity index (χ2v) is 13.1. The fraction of sp³-hybridized carbons (Fsp3) is 0.0833. The fourth-order valence-electron chi connectivity index (χ4n) is 5.27. The molecule has 0 aliphatic carbocycles. The van der Waals surface area contributed by atoms with Crippen LogP contribution in [0.1, 0.15) is 22.8 Å². The average Bonchev–Trinajstić information content (AvgIpc) is 3.05. The summed E-state index contributed by atoms with van der Waals surface area (Å²) < 4.78 is 6.26. The third-order valence-corrected chi connectivity index (χ3v) is 11.5. The number of methoxy groups -OCH3 is 1. The summed E-state index contributed by atoms with van der Waals surface area (Å²) in [6.07, 6.45) is 0. The van der Waals surface area contributed by atoms with E-state index in [0.29, 0.717) is 16.6 Å². The predicted molar refractivity (Wildman–Crippen MR) is 170 cm³/mol. The number of rotatable bonds is 9. The molecule has 0 aliphatic rings. The van der Waals surface area contributed by atoms with E-state index >= 15 is 4.79 Å². The van der Waals surface area contributed by atoms with Gasteiger partial charge in [-0.1, -0.05) is 140 Å². The van der Waals surface area contributed by atoms with Gasteiger partial charge in [0, 0.05) is 19.6 Å². The summed E-state index contributed by atoms with van der Waals surface area (Å²) in [5, 5.41) is 6.03. The topological polar surface area (TPSA) is 55.4 Å². The first-order valence-electron chi connectivity index (χ1n) is 13.5. The summed E-state index contributed by atoms with van der Waals surface area (Å²) in [5.74, 6) is -0.649. The van der Waals surface area contributed by atoms with Gasteiger partial charge < -0.3 is 10.1 Å². The zero-order valence-corrected chi connectivity index (χ0v) is 24.0. The van der Waals surface area contributed by atoms with E-state index in [0.717, 1.165) is 15.9 Å². The van der Waals surface area contributed by atoms with E-state index in [-0.39, 0.29) is 11.7 Å². The molecule has 1 atom stereocenters. The van der Waals surface area contributed by atoms with Crippen LogP contribution in [-0.2, 0) is 15.1 Å². The summed E-state index contributed by atoms with van der Waals surface area (Å²) in [6, 6.07) is 48.5. The normalized spacial score (nSPS) is 12.6. The van der Waals surface area contributed by atoms with Crippen LogP contribution in [0.3, 0.4) is 0 Å². The van der Waals surface area contributed by atoms with Crippen LogP contribution in [0.5, 0.6) is 0 Å². The number of carbonyl (C=O) groups is 2. The molecule has 5 heteroatoms. The summed E-state index contributed by atoms with van der Waals surface area (Å²) in [5.41, 5.74) is 0.0110. The Morgan fingerprint density at radius 3 is 1.34 bits per heavy atom. The van der Waals surface area contributed by atoms with Crippen molar-refractivity contribution in [3.8, 4) is 0 Å². The molecule has 0 saturated heterocycles. The Bertz CT molecular complexity index is 1570. The lowest BCUT2D eigenvalue weighted by atomic mass is 9.87. The Balaban J connectivity index is 1.86. The molecule has 5 aromatic rings. The second kappa shape index (κ2) is 12.3. The summed E-state index contributed by atoms with van der Waals surface area (Å²) in [4.78, 5) is 28.8. The van der Waals surface area contributed by atoms with Gasteiger partial charge in [0.2, 0.25) is 5.78 Å². The molecule has 1 amide bonds. The van der Waals surface area contributed by atoms with E-state index in [1.54, 1.807) is 38.3 Å². The van der Waals surface area contributed by atoms with E-state index in [9.17, 15) is 4.79 Å². The van der Waals surface area contributed by atoms with Crippen LogP contribution >= 0.6 is 6.89 Å². The molecule has 41 heavy (non-hydrogen) atoms. The number of ether oxygens (including phenoxy) is 1. The minimum Gasteiger partial charge on any atom is -0.345 e. The van der Waals surface area contributed by atoms with Crippen LogP contribution in [-0.4, -0.2) is 24.3 Å². The molecule has 1 unspecified atom stereocenters. The van der Waals surface area contributed by atoms with Crippen molar-refractivity contribution >= 4 is 40.0 Å². The van der Waals surface area contributed by atoms with Crippen molar-refractivity contribution in [3.05, 3.63) is 163 Å².